The van der Waals surface area contributed by atoms with E-state index in [0.29, 0.717) is 42.1 Å². The van der Waals surface area contributed by atoms with Crippen molar-refractivity contribution in [2.75, 3.05) is 6.54 Å². The van der Waals surface area contributed by atoms with E-state index in [1.807, 2.05) is 6.92 Å². The van der Waals surface area contributed by atoms with E-state index in [0.717, 1.165) is 12.8 Å². The Morgan fingerprint density at radius 1 is 1.19 bits per heavy atom. The van der Waals surface area contributed by atoms with Crippen LogP contribution in [0.15, 0.2) is 48.7 Å². The summed E-state index contributed by atoms with van der Waals surface area (Å²) in [6.45, 7) is 2.43. The zero-order chi connectivity index (χ0) is 25.2. The summed E-state index contributed by atoms with van der Waals surface area (Å²) in [6, 6.07) is 10.5. The van der Waals surface area contributed by atoms with Gasteiger partial charge in [-0.25, -0.2) is 4.39 Å². The molecule has 0 bridgehead atoms. The first-order valence-electron chi connectivity index (χ1n) is 12.0. The molecule has 2 aliphatic rings. The summed E-state index contributed by atoms with van der Waals surface area (Å²) in [5.41, 5.74) is 1.43. The second-order valence-corrected chi connectivity index (χ2v) is 9.01. The van der Waals surface area contributed by atoms with E-state index in [1.165, 1.54) is 23.0 Å². The molecule has 0 radical (unpaired) electrons. The number of aromatic nitrogens is 3. The molecule has 1 aliphatic carbocycles. The van der Waals surface area contributed by atoms with Gasteiger partial charge < -0.3 is 15.4 Å². The Balaban J connectivity index is 1.26. The van der Waals surface area contributed by atoms with Crippen molar-refractivity contribution in [2.24, 2.45) is 5.92 Å². The molecule has 10 heteroatoms. The predicted octanol–water partition coefficient (Wildman–Crippen LogP) is 3.15. The molecule has 1 aromatic heterocycles. The summed E-state index contributed by atoms with van der Waals surface area (Å²) in [4.78, 5) is 37.6. The van der Waals surface area contributed by atoms with E-state index in [1.54, 1.807) is 30.5 Å². The molecular weight excluding hydrogens is 465 g/mol. The number of Topliss-reactive ketones (excluding diaryl/α,β-unsaturated/α-hetero) is 1. The van der Waals surface area contributed by atoms with Gasteiger partial charge in [0.25, 0.3) is 5.91 Å². The molecule has 2 N–H and O–H groups in total. The summed E-state index contributed by atoms with van der Waals surface area (Å²) >= 11 is 0. The highest BCUT2D eigenvalue weighted by Gasteiger charge is 2.30. The zero-order valence-corrected chi connectivity index (χ0v) is 19.7. The second-order valence-electron chi connectivity index (χ2n) is 9.01. The summed E-state index contributed by atoms with van der Waals surface area (Å²) in [5.74, 6) is -0.718. The van der Waals surface area contributed by atoms with Crippen molar-refractivity contribution in [3.63, 3.8) is 0 Å². The number of nitrogens with zero attached hydrogens (tertiary/aromatic N) is 3. The molecule has 1 saturated heterocycles. The fourth-order valence-electron chi connectivity index (χ4n) is 4.12. The van der Waals surface area contributed by atoms with Crippen molar-refractivity contribution >= 4 is 17.6 Å². The van der Waals surface area contributed by atoms with Crippen LogP contribution in [-0.4, -0.2) is 45.2 Å². The number of carbonyl (C=O) groups is 3. The third kappa shape index (κ3) is 4.98. The lowest BCUT2D eigenvalue weighted by Crippen LogP contribution is -2.40. The number of hydrogen-bond acceptors (Lipinski definition) is 6. The fraction of sp³-hybridized carbons (Fsp3) is 0.346. The van der Waals surface area contributed by atoms with Gasteiger partial charge in [-0.3, -0.25) is 14.4 Å². The van der Waals surface area contributed by atoms with Crippen LogP contribution in [0.5, 0.6) is 5.75 Å². The maximum atomic E-state index is 14.7. The van der Waals surface area contributed by atoms with Crippen molar-refractivity contribution in [1.82, 2.24) is 25.6 Å². The minimum atomic E-state index is -0.744. The lowest BCUT2D eigenvalue weighted by molar-refractivity contribution is -0.120. The first kappa shape index (κ1) is 23.7. The van der Waals surface area contributed by atoms with Gasteiger partial charge in [0.15, 0.2) is 5.78 Å². The van der Waals surface area contributed by atoms with E-state index in [4.69, 9.17) is 4.74 Å². The zero-order valence-electron chi connectivity index (χ0n) is 19.7. The summed E-state index contributed by atoms with van der Waals surface area (Å²) in [7, 11) is 0. The van der Waals surface area contributed by atoms with Crippen LogP contribution >= 0.6 is 0 Å². The molecule has 3 aromatic rings. The second kappa shape index (κ2) is 9.88. The Morgan fingerprint density at radius 3 is 2.61 bits per heavy atom. The van der Waals surface area contributed by atoms with Crippen LogP contribution in [0.3, 0.4) is 0 Å². The number of benzene rings is 2. The summed E-state index contributed by atoms with van der Waals surface area (Å²) < 4.78 is 20.8. The molecule has 2 heterocycles. The highest BCUT2D eigenvalue weighted by atomic mass is 19.1. The Labute approximate surface area is 207 Å². The van der Waals surface area contributed by atoms with Crippen molar-refractivity contribution in [3.05, 3.63) is 71.3 Å². The monoisotopic (exact) mass is 491 g/mol. The van der Waals surface area contributed by atoms with Gasteiger partial charge in [-0.15, -0.1) is 5.10 Å². The molecule has 9 nitrogen and oxygen atoms in total. The van der Waals surface area contributed by atoms with Gasteiger partial charge in [-0.1, -0.05) is 6.92 Å². The van der Waals surface area contributed by atoms with Crippen molar-refractivity contribution < 1.29 is 23.5 Å². The molecule has 0 spiro atoms. The lowest BCUT2D eigenvalue weighted by atomic mass is 10.1. The first-order valence-corrected chi connectivity index (χ1v) is 12.0. The average Bonchev–Trinajstić information content (AvgIpc) is 3.49. The van der Waals surface area contributed by atoms with Gasteiger partial charge in [0.1, 0.15) is 29.4 Å². The quantitative estimate of drug-likeness (QED) is 0.445. The lowest BCUT2D eigenvalue weighted by Gasteiger charge is -2.15. The van der Waals surface area contributed by atoms with Crippen molar-refractivity contribution in [3.8, 4) is 11.4 Å². The first-order chi connectivity index (χ1) is 17.4. The fourth-order valence-corrected chi connectivity index (χ4v) is 4.12. The topological polar surface area (TPSA) is 115 Å². The van der Waals surface area contributed by atoms with Gasteiger partial charge in [0.05, 0.1) is 17.4 Å². The van der Waals surface area contributed by atoms with Crippen molar-refractivity contribution in [1.29, 1.82) is 0 Å². The number of halogens is 1. The van der Waals surface area contributed by atoms with E-state index < -0.39 is 23.9 Å². The van der Waals surface area contributed by atoms with Gasteiger partial charge in [-0.05, 0) is 62.1 Å². The van der Waals surface area contributed by atoms with E-state index in [-0.39, 0.29) is 23.2 Å². The van der Waals surface area contributed by atoms with Crippen LogP contribution in [-0.2, 0) is 4.79 Å². The number of amides is 2. The van der Waals surface area contributed by atoms with Crippen LogP contribution < -0.4 is 15.4 Å². The molecule has 1 aliphatic heterocycles. The highest BCUT2D eigenvalue weighted by molar-refractivity contribution is 5.99. The van der Waals surface area contributed by atoms with E-state index in [2.05, 4.69) is 20.8 Å². The van der Waals surface area contributed by atoms with Crippen LogP contribution in [0, 0.1) is 11.7 Å². The molecule has 5 rings (SSSR count). The molecular formula is C26H26FN5O4. The van der Waals surface area contributed by atoms with Crippen LogP contribution in [0.1, 0.15) is 65.1 Å². The Bertz CT molecular complexity index is 1300. The predicted molar refractivity (Wildman–Crippen MR) is 127 cm³/mol. The normalized spacial score (nSPS) is 17.9. The maximum Gasteiger partial charge on any atom is 0.254 e. The Hall–Kier alpha value is -4.08. The molecule has 36 heavy (non-hydrogen) atoms. The van der Waals surface area contributed by atoms with Gasteiger partial charge in [0.2, 0.25) is 5.91 Å². The summed E-state index contributed by atoms with van der Waals surface area (Å²) in [6.07, 6.45) is 4.16. The van der Waals surface area contributed by atoms with Gasteiger partial charge in [-0.2, -0.15) is 9.90 Å². The Morgan fingerprint density at radius 2 is 1.97 bits per heavy atom. The van der Waals surface area contributed by atoms with Crippen molar-refractivity contribution in [2.45, 2.75) is 44.8 Å². The smallest absolute Gasteiger partial charge is 0.254 e. The number of nitrogens with one attached hydrogen (secondary N) is 2. The third-order valence-corrected chi connectivity index (χ3v) is 6.36. The molecule has 1 saturated carbocycles. The van der Waals surface area contributed by atoms with Gasteiger partial charge >= 0.3 is 0 Å². The molecule has 186 valence electrons. The third-order valence-electron chi connectivity index (χ3n) is 6.36. The SMILES string of the molecule is CCC(Oc1ccc(C(=O)C2CC2)cc1)c1cnn(-c2ccc(C(=O)N[C@H]3CCNC3=O)c(F)c2)n1. The maximum absolute atomic E-state index is 14.7. The molecule has 2 aromatic carbocycles. The summed E-state index contributed by atoms with van der Waals surface area (Å²) in [5, 5.41) is 13.8. The van der Waals surface area contributed by atoms with Gasteiger partial charge in [0, 0.05) is 24.1 Å². The minimum absolute atomic E-state index is 0.163. The number of ether oxygens (including phenoxy) is 1. The Kier molecular flexibility index (Phi) is 6.49. The van der Waals surface area contributed by atoms with E-state index >= 15 is 0 Å². The average molecular weight is 492 g/mol. The number of carbonyl (C=O) groups excluding carboxylic acids is 3. The molecule has 2 atom stereocenters. The number of ketones is 1. The standard InChI is InChI=1S/C26H26FN5O4/c1-2-23(36-18-8-5-16(6-9-18)24(33)15-3-4-15)22-14-29-32(31-22)17-7-10-19(20(27)13-17)25(34)30-21-11-12-28-26(21)35/h5-10,13-15,21,23H,2-4,11-12H2,1H3,(H,28,35)(H,30,34)/t21-,23?/m0/s1. The molecule has 2 amide bonds. The number of hydrogen-bond donors (Lipinski definition) is 2. The number of rotatable bonds is 9. The molecule has 1 unspecified atom stereocenters. The highest BCUT2D eigenvalue weighted by Crippen LogP contribution is 2.33. The van der Waals surface area contributed by atoms with Crippen LogP contribution in [0.25, 0.3) is 5.69 Å². The van der Waals surface area contributed by atoms with E-state index in [9.17, 15) is 18.8 Å². The van der Waals surface area contributed by atoms with Crippen LogP contribution in [0.4, 0.5) is 4.39 Å². The van der Waals surface area contributed by atoms with Crippen LogP contribution in [0.2, 0.25) is 0 Å². The largest absolute Gasteiger partial charge is 0.484 e. The molecule has 2 fully saturated rings. The minimum Gasteiger partial charge on any atom is -0.484 e.